The van der Waals surface area contributed by atoms with Crippen LogP contribution in [0.25, 0.3) is 11.1 Å². The molecule has 30 heavy (non-hydrogen) atoms. The lowest BCUT2D eigenvalue weighted by atomic mass is 10.0. The summed E-state index contributed by atoms with van der Waals surface area (Å²) in [7, 11) is 0. The first-order valence-corrected chi connectivity index (χ1v) is 9.22. The van der Waals surface area contributed by atoms with Crippen LogP contribution in [0.15, 0.2) is 54.6 Å². The number of phenols is 1. The largest absolute Gasteiger partial charge is 0.507 e. The van der Waals surface area contributed by atoms with Crippen molar-refractivity contribution in [1.82, 2.24) is 0 Å². The summed E-state index contributed by atoms with van der Waals surface area (Å²) in [6, 6.07) is 15.6. The van der Waals surface area contributed by atoms with Gasteiger partial charge in [-0.15, -0.1) is 0 Å². The van der Waals surface area contributed by atoms with Crippen LogP contribution >= 0.6 is 0 Å². The molecule has 0 heterocycles. The number of nitrogen functional groups attached to an aromatic ring is 1. The van der Waals surface area contributed by atoms with Gasteiger partial charge in [-0.3, -0.25) is 9.59 Å². The fourth-order valence-corrected chi connectivity index (χ4v) is 3.16. The number of carbonyl (C=O) groups is 2. The van der Waals surface area contributed by atoms with Crippen LogP contribution in [-0.4, -0.2) is 22.1 Å². The van der Waals surface area contributed by atoms with Crippen molar-refractivity contribution < 1.29 is 24.5 Å². The minimum Gasteiger partial charge on any atom is -0.507 e. The Bertz CT molecular complexity index is 1100. The van der Waals surface area contributed by atoms with Gasteiger partial charge in [-0.25, -0.2) is 0 Å². The van der Waals surface area contributed by atoms with Crippen molar-refractivity contribution in [3.63, 3.8) is 0 Å². The maximum absolute atomic E-state index is 11.7. The molecule has 0 aliphatic carbocycles. The van der Waals surface area contributed by atoms with Crippen LogP contribution < -0.4 is 15.8 Å². The molecule has 0 aromatic heterocycles. The Hall–Kier alpha value is -4.00. The van der Waals surface area contributed by atoms with E-state index in [1.807, 2.05) is 26.0 Å². The molecule has 0 radical (unpaired) electrons. The summed E-state index contributed by atoms with van der Waals surface area (Å²) in [5.74, 6) is -0.545. The van der Waals surface area contributed by atoms with Gasteiger partial charge in [0.1, 0.15) is 23.7 Å². The maximum Gasteiger partial charge on any atom is 0.312 e. The van der Waals surface area contributed by atoms with E-state index in [4.69, 9.17) is 15.6 Å². The first-order valence-electron chi connectivity index (χ1n) is 9.22. The number of hydrogen-bond donors (Lipinski definition) is 4. The highest BCUT2D eigenvalue weighted by Gasteiger charge is 2.13. The van der Waals surface area contributed by atoms with Gasteiger partial charge in [0, 0.05) is 16.9 Å². The molecule has 3 aromatic rings. The number of carbonyl (C=O) groups excluding carboxylic acids is 1. The molecule has 7 heteroatoms. The predicted octanol–water partition coefficient (Wildman–Crippen LogP) is 4.46. The molecule has 0 bridgehead atoms. The second-order valence-electron chi connectivity index (χ2n) is 6.96. The number of rotatable bonds is 6. The molecular weight excluding hydrogens is 384 g/mol. The van der Waals surface area contributed by atoms with Crippen molar-refractivity contribution in [3.05, 3.63) is 65.7 Å². The number of amides is 1. The smallest absolute Gasteiger partial charge is 0.312 e. The molecule has 0 aliphatic heterocycles. The van der Waals surface area contributed by atoms with Crippen LogP contribution in [0.1, 0.15) is 17.5 Å². The van der Waals surface area contributed by atoms with E-state index in [-0.39, 0.29) is 5.75 Å². The van der Waals surface area contributed by atoms with Gasteiger partial charge in [-0.2, -0.15) is 0 Å². The van der Waals surface area contributed by atoms with E-state index in [2.05, 4.69) is 5.32 Å². The number of nitrogens with two attached hydrogens (primary N) is 1. The van der Waals surface area contributed by atoms with Crippen LogP contribution in [0.4, 0.5) is 11.4 Å². The van der Waals surface area contributed by atoms with Crippen molar-refractivity contribution in [2.75, 3.05) is 11.1 Å². The molecule has 5 N–H and O–H groups in total. The van der Waals surface area contributed by atoms with Crippen molar-refractivity contribution >= 4 is 23.3 Å². The number of ether oxygens (including phenoxy) is 1. The summed E-state index contributed by atoms with van der Waals surface area (Å²) in [4.78, 5) is 22.4. The Morgan fingerprint density at radius 3 is 2.37 bits per heavy atom. The van der Waals surface area contributed by atoms with Gasteiger partial charge < -0.3 is 26.0 Å². The molecule has 0 unspecified atom stereocenters. The van der Waals surface area contributed by atoms with Crippen molar-refractivity contribution in [1.29, 1.82) is 0 Å². The van der Waals surface area contributed by atoms with Gasteiger partial charge in [0.25, 0.3) is 0 Å². The Balaban J connectivity index is 1.87. The minimum atomic E-state index is -1.19. The van der Waals surface area contributed by atoms with Gasteiger partial charge in [0.2, 0.25) is 5.91 Å². The highest BCUT2D eigenvalue weighted by Crippen LogP contribution is 2.37. The summed E-state index contributed by atoms with van der Waals surface area (Å²) < 4.78 is 6.06. The number of aliphatic carboxylic acids is 1. The zero-order valence-corrected chi connectivity index (χ0v) is 16.6. The lowest BCUT2D eigenvalue weighted by molar-refractivity contribution is -0.139. The van der Waals surface area contributed by atoms with E-state index in [0.717, 1.165) is 16.7 Å². The SMILES string of the molecule is Cc1cc(NC(=O)CC(=O)O)cc(C)c1Oc1ccc(O)c(-c2cccc(N)c2)c1. The lowest BCUT2D eigenvalue weighted by Crippen LogP contribution is -2.16. The van der Waals surface area contributed by atoms with Crippen molar-refractivity contribution in [2.24, 2.45) is 0 Å². The van der Waals surface area contributed by atoms with E-state index in [1.54, 1.807) is 42.5 Å². The summed E-state index contributed by atoms with van der Waals surface area (Å²) in [6.45, 7) is 3.66. The van der Waals surface area contributed by atoms with Gasteiger partial charge >= 0.3 is 5.97 Å². The fourth-order valence-electron chi connectivity index (χ4n) is 3.16. The third-order valence-corrected chi connectivity index (χ3v) is 4.44. The Morgan fingerprint density at radius 1 is 1.03 bits per heavy atom. The number of carboxylic acids is 1. The molecule has 0 saturated heterocycles. The molecule has 0 saturated carbocycles. The molecule has 3 rings (SSSR count). The first-order chi connectivity index (χ1) is 14.2. The van der Waals surface area contributed by atoms with E-state index in [1.165, 1.54) is 0 Å². The molecule has 0 fully saturated rings. The van der Waals surface area contributed by atoms with E-state index in [9.17, 15) is 14.7 Å². The van der Waals surface area contributed by atoms with Crippen LogP contribution in [0.2, 0.25) is 0 Å². The number of hydrogen-bond acceptors (Lipinski definition) is 5. The average molecular weight is 406 g/mol. The highest BCUT2D eigenvalue weighted by molar-refractivity contribution is 6.01. The number of aryl methyl sites for hydroxylation is 2. The zero-order valence-electron chi connectivity index (χ0n) is 16.6. The normalized spacial score (nSPS) is 10.5. The standard InChI is InChI=1S/C23H22N2O5/c1-13-8-17(25-21(27)12-22(28)29)9-14(2)23(13)30-18-6-7-20(26)19(11-18)15-4-3-5-16(24)10-15/h3-11,26H,12,24H2,1-2H3,(H,25,27)(H,28,29). The topological polar surface area (TPSA) is 122 Å². The van der Waals surface area contributed by atoms with Crippen LogP contribution in [0.3, 0.4) is 0 Å². The van der Waals surface area contributed by atoms with Crippen molar-refractivity contribution in [3.8, 4) is 28.4 Å². The molecule has 0 aliphatic rings. The fraction of sp³-hybridized carbons (Fsp3) is 0.130. The number of phenolic OH excluding ortho intramolecular Hbond substituents is 1. The Labute approximate surface area is 173 Å². The second-order valence-corrected chi connectivity index (χ2v) is 6.96. The first kappa shape index (κ1) is 20.7. The minimum absolute atomic E-state index is 0.109. The molecule has 154 valence electrons. The monoisotopic (exact) mass is 406 g/mol. The maximum atomic E-state index is 11.7. The van der Waals surface area contributed by atoms with Gasteiger partial charge in [0.05, 0.1) is 0 Å². The van der Waals surface area contributed by atoms with Crippen LogP contribution in [0.5, 0.6) is 17.2 Å². The Kier molecular flexibility index (Phi) is 5.92. The highest BCUT2D eigenvalue weighted by atomic mass is 16.5. The third kappa shape index (κ3) is 4.88. The molecule has 7 nitrogen and oxygen atoms in total. The summed E-state index contributed by atoms with van der Waals surface area (Å²) in [5.41, 5.74) is 9.81. The molecule has 0 spiro atoms. The number of nitrogens with one attached hydrogen (secondary N) is 1. The number of aromatic hydroxyl groups is 1. The lowest BCUT2D eigenvalue weighted by Gasteiger charge is -2.15. The van der Waals surface area contributed by atoms with E-state index >= 15 is 0 Å². The second kappa shape index (κ2) is 8.57. The van der Waals surface area contributed by atoms with Gasteiger partial charge in [0.15, 0.2) is 0 Å². The average Bonchev–Trinajstić information content (AvgIpc) is 2.65. The van der Waals surface area contributed by atoms with E-state index in [0.29, 0.717) is 28.4 Å². The predicted molar refractivity (Wildman–Crippen MR) is 115 cm³/mol. The summed E-state index contributed by atoms with van der Waals surface area (Å²) >= 11 is 0. The molecule has 0 atom stereocenters. The molecule has 3 aromatic carbocycles. The summed E-state index contributed by atoms with van der Waals surface area (Å²) in [5, 5.41) is 21.5. The van der Waals surface area contributed by atoms with Crippen LogP contribution in [0, 0.1) is 13.8 Å². The third-order valence-electron chi connectivity index (χ3n) is 4.44. The van der Waals surface area contributed by atoms with Gasteiger partial charge in [-0.1, -0.05) is 12.1 Å². The zero-order chi connectivity index (χ0) is 21.8. The number of carboxylic acid groups (broad SMARTS) is 1. The van der Waals surface area contributed by atoms with Gasteiger partial charge in [-0.05, 0) is 73.0 Å². The Morgan fingerprint density at radius 2 is 1.73 bits per heavy atom. The van der Waals surface area contributed by atoms with E-state index < -0.39 is 18.3 Å². The number of benzene rings is 3. The summed E-state index contributed by atoms with van der Waals surface area (Å²) in [6.07, 6.45) is -0.601. The van der Waals surface area contributed by atoms with Crippen molar-refractivity contribution in [2.45, 2.75) is 20.3 Å². The number of anilines is 2. The van der Waals surface area contributed by atoms with Crippen LogP contribution in [-0.2, 0) is 9.59 Å². The molecule has 1 amide bonds. The molecular formula is C23H22N2O5. The quantitative estimate of drug-likeness (QED) is 0.354.